The predicted molar refractivity (Wildman–Crippen MR) is 76.6 cm³/mol. The Morgan fingerprint density at radius 2 is 2.09 bits per heavy atom. The van der Waals surface area contributed by atoms with Gasteiger partial charge >= 0.3 is 6.18 Å². The number of hydrogen-bond donors (Lipinski definition) is 1. The average molecular weight is 322 g/mol. The lowest BCUT2D eigenvalue weighted by Crippen LogP contribution is -2.24. The molecular weight excluding hydrogens is 309 g/mol. The van der Waals surface area contributed by atoms with E-state index >= 15 is 0 Å². The molecule has 0 unspecified atom stereocenters. The van der Waals surface area contributed by atoms with Crippen molar-refractivity contribution in [2.24, 2.45) is 0 Å². The van der Waals surface area contributed by atoms with Crippen molar-refractivity contribution < 1.29 is 22.5 Å². The van der Waals surface area contributed by atoms with E-state index in [1.807, 2.05) is 0 Å². The van der Waals surface area contributed by atoms with Crippen LogP contribution in [-0.2, 0) is 6.18 Å². The first kappa shape index (κ1) is 16.6. The van der Waals surface area contributed by atoms with Crippen LogP contribution in [0.2, 0.25) is 0 Å². The summed E-state index contributed by atoms with van der Waals surface area (Å²) in [4.78, 5) is 11.9. The zero-order chi connectivity index (χ0) is 17.0. The molecule has 0 spiro atoms. The SMILES string of the molecule is Cc1noc(C)c1C(=O)NCC#Cc1cccc(C(F)(F)F)c1. The first-order valence-electron chi connectivity index (χ1n) is 6.66. The number of aryl methyl sites for hydroxylation is 2. The van der Waals surface area contributed by atoms with Gasteiger partial charge < -0.3 is 9.84 Å². The molecule has 2 aromatic rings. The number of carbonyl (C=O) groups excluding carboxylic acids is 1. The largest absolute Gasteiger partial charge is 0.416 e. The van der Waals surface area contributed by atoms with Crippen LogP contribution in [0.5, 0.6) is 0 Å². The first-order valence-corrected chi connectivity index (χ1v) is 6.66. The molecule has 2 rings (SSSR count). The minimum Gasteiger partial charge on any atom is -0.361 e. The highest BCUT2D eigenvalue weighted by molar-refractivity contribution is 5.96. The van der Waals surface area contributed by atoms with Crippen LogP contribution in [0.4, 0.5) is 13.2 Å². The van der Waals surface area contributed by atoms with E-state index in [0.717, 1.165) is 12.1 Å². The molecule has 1 aromatic heterocycles. The van der Waals surface area contributed by atoms with Crippen molar-refractivity contribution in [1.29, 1.82) is 0 Å². The molecule has 120 valence electrons. The van der Waals surface area contributed by atoms with E-state index < -0.39 is 11.7 Å². The van der Waals surface area contributed by atoms with Gasteiger partial charge in [-0.2, -0.15) is 13.2 Å². The molecule has 1 N–H and O–H groups in total. The topological polar surface area (TPSA) is 55.1 Å². The number of nitrogens with zero attached hydrogens (tertiary/aromatic N) is 1. The summed E-state index contributed by atoms with van der Waals surface area (Å²) in [6.45, 7) is 3.25. The molecule has 0 aliphatic heterocycles. The van der Waals surface area contributed by atoms with Crippen molar-refractivity contribution in [2.75, 3.05) is 6.54 Å². The summed E-state index contributed by atoms with van der Waals surface area (Å²) < 4.78 is 42.6. The Labute approximate surface area is 130 Å². The summed E-state index contributed by atoms with van der Waals surface area (Å²) >= 11 is 0. The molecule has 1 aromatic carbocycles. The zero-order valence-corrected chi connectivity index (χ0v) is 12.4. The molecule has 0 aliphatic carbocycles. The molecule has 0 saturated carbocycles. The third-order valence-corrected chi connectivity index (χ3v) is 3.02. The Morgan fingerprint density at radius 3 is 2.70 bits per heavy atom. The molecule has 23 heavy (non-hydrogen) atoms. The molecule has 4 nitrogen and oxygen atoms in total. The Bertz CT molecular complexity index is 763. The summed E-state index contributed by atoms with van der Waals surface area (Å²) in [5.41, 5.74) is 0.271. The fourth-order valence-electron chi connectivity index (χ4n) is 1.94. The highest BCUT2D eigenvalue weighted by atomic mass is 19.4. The fraction of sp³-hybridized carbons (Fsp3) is 0.250. The van der Waals surface area contributed by atoms with Gasteiger partial charge in [0.2, 0.25) is 0 Å². The normalized spacial score (nSPS) is 10.8. The average Bonchev–Trinajstić information content (AvgIpc) is 2.82. The van der Waals surface area contributed by atoms with Gasteiger partial charge in [-0.1, -0.05) is 23.1 Å². The van der Waals surface area contributed by atoms with E-state index in [-0.39, 0.29) is 18.0 Å². The van der Waals surface area contributed by atoms with Crippen LogP contribution in [-0.4, -0.2) is 17.6 Å². The van der Waals surface area contributed by atoms with Crippen molar-refractivity contribution in [3.8, 4) is 11.8 Å². The number of rotatable bonds is 2. The third kappa shape index (κ3) is 4.13. The van der Waals surface area contributed by atoms with Gasteiger partial charge in [0.25, 0.3) is 5.91 Å². The Hall–Kier alpha value is -2.75. The smallest absolute Gasteiger partial charge is 0.361 e. The van der Waals surface area contributed by atoms with Crippen LogP contribution >= 0.6 is 0 Å². The van der Waals surface area contributed by atoms with Crippen LogP contribution in [0.1, 0.15) is 32.9 Å². The van der Waals surface area contributed by atoms with E-state index in [0.29, 0.717) is 17.0 Å². The van der Waals surface area contributed by atoms with E-state index in [4.69, 9.17) is 4.52 Å². The number of nitrogens with one attached hydrogen (secondary N) is 1. The standard InChI is InChI=1S/C16H13F3N2O2/c1-10-14(11(2)23-21-10)15(22)20-8-4-6-12-5-3-7-13(9-12)16(17,18)19/h3,5,7,9H,8H2,1-2H3,(H,20,22). The maximum Gasteiger partial charge on any atom is 0.416 e. The molecule has 0 saturated heterocycles. The minimum atomic E-state index is -4.41. The number of hydrogen-bond acceptors (Lipinski definition) is 3. The molecule has 1 amide bonds. The van der Waals surface area contributed by atoms with Crippen LogP contribution in [0.25, 0.3) is 0 Å². The predicted octanol–water partition coefficient (Wildman–Crippen LogP) is 3.09. The monoisotopic (exact) mass is 322 g/mol. The van der Waals surface area contributed by atoms with E-state index in [1.165, 1.54) is 12.1 Å². The Balaban J connectivity index is 2.00. The number of alkyl halides is 3. The van der Waals surface area contributed by atoms with Gasteiger partial charge in [0.05, 0.1) is 17.8 Å². The van der Waals surface area contributed by atoms with Crippen LogP contribution < -0.4 is 5.32 Å². The van der Waals surface area contributed by atoms with E-state index in [1.54, 1.807) is 13.8 Å². The van der Waals surface area contributed by atoms with Crippen molar-refractivity contribution in [3.05, 3.63) is 52.4 Å². The van der Waals surface area contributed by atoms with Crippen LogP contribution in [0.3, 0.4) is 0 Å². The van der Waals surface area contributed by atoms with Gasteiger partial charge in [-0.05, 0) is 32.0 Å². The second-order valence-electron chi connectivity index (χ2n) is 4.76. The number of halogens is 3. The number of carbonyl (C=O) groups is 1. The van der Waals surface area contributed by atoms with Crippen molar-refractivity contribution >= 4 is 5.91 Å². The summed E-state index contributed by atoms with van der Waals surface area (Å²) in [6.07, 6.45) is -4.41. The van der Waals surface area contributed by atoms with Gasteiger partial charge in [-0.3, -0.25) is 4.79 Å². The second kappa shape index (κ2) is 6.57. The summed E-state index contributed by atoms with van der Waals surface area (Å²) in [6, 6.07) is 4.70. The molecule has 0 fully saturated rings. The van der Waals surface area contributed by atoms with E-state index in [9.17, 15) is 18.0 Å². The summed E-state index contributed by atoms with van der Waals surface area (Å²) in [5.74, 6) is 5.20. The molecule has 0 bridgehead atoms. The van der Waals surface area contributed by atoms with Gasteiger partial charge in [0.15, 0.2) is 0 Å². The lowest BCUT2D eigenvalue weighted by atomic mass is 10.1. The Morgan fingerprint density at radius 1 is 1.35 bits per heavy atom. The minimum absolute atomic E-state index is 0.000854. The zero-order valence-electron chi connectivity index (χ0n) is 12.4. The quantitative estimate of drug-likeness (QED) is 0.865. The van der Waals surface area contributed by atoms with Crippen molar-refractivity contribution in [3.63, 3.8) is 0 Å². The van der Waals surface area contributed by atoms with Crippen molar-refractivity contribution in [2.45, 2.75) is 20.0 Å². The number of amides is 1. The lowest BCUT2D eigenvalue weighted by molar-refractivity contribution is -0.137. The van der Waals surface area contributed by atoms with Gasteiger partial charge in [-0.15, -0.1) is 0 Å². The highest BCUT2D eigenvalue weighted by Gasteiger charge is 2.30. The number of aromatic nitrogens is 1. The van der Waals surface area contributed by atoms with Crippen molar-refractivity contribution in [1.82, 2.24) is 10.5 Å². The van der Waals surface area contributed by atoms with Crippen LogP contribution in [0, 0.1) is 25.7 Å². The highest BCUT2D eigenvalue weighted by Crippen LogP contribution is 2.29. The Kier molecular flexibility index (Phi) is 4.74. The second-order valence-corrected chi connectivity index (χ2v) is 4.76. The maximum atomic E-state index is 12.6. The molecule has 1 heterocycles. The molecule has 0 atom stereocenters. The lowest BCUT2D eigenvalue weighted by Gasteiger charge is -2.05. The third-order valence-electron chi connectivity index (χ3n) is 3.02. The molecular formula is C16H13F3N2O2. The van der Waals surface area contributed by atoms with E-state index in [2.05, 4.69) is 22.3 Å². The fourth-order valence-corrected chi connectivity index (χ4v) is 1.94. The first-order chi connectivity index (χ1) is 10.8. The summed E-state index contributed by atoms with van der Waals surface area (Å²) in [7, 11) is 0. The summed E-state index contributed by atoms with van der Waals surface area (Å²) in [5, 5.41) is 6.21. The van der Waals surface area contributed by atoms with Crippen LogP contribution in [0.15, 0.2) is 28.8 Å². The molecule has 7 heteroatoms. The number of benzene rings is 1. The van der Waals surface area contributed by atoms with Gasteiger partial charge in [-0.25, -0.2) is 0 Å². The molecule has 0 radical (unpaired) electrons. The van der Waals surface area contributed by atoms with Gasteiger partial charge in [0, 0.05) is 5.56 Å². The maximum absolute atomic E-state index is 12.6. The molecule has 0 aliphatic rings. The van der Waals surface area contributed by atoms with Gasteiger partial charge in [0.1, 0.15) is 11.3 Å².